The van der Waals surface area contributed by atoms with Crippen molar-refractivity contribution in [3.63, 3.8) is 0 Å². The first-order valence-corrected chi connectivity index (χ1v) is 10.7. The highest BCUT2D eigenvalue weighted by Crippen LogP contribution is 2.35. The van der Waals surface area contributed by atoms with E-state index in [0.717, 1.165) is 0 Å². The lowest BCUT2D eigenvalue weighted by Gasteiger charge is -2.35. The van der Waals surface area contributed by atoms with Crippen molar-refractivity contribution >= 4 is 17.7 Å². The lowest BCUT2D eigenvalue weighted by molar-refractivity contribution is -0.129. The van der Waals surface area contributed by atoms with E-state index in [1.54, 1.807) is 48.3 Å². The predicted molar refractivity (Wildman–Crippen MR) is 115 cm³/mol. The maximum Gasteiger partial charge on any atom is 0.258 e. The van der Waals surface area contributed by atoms with Gasteiger partial charge in [0.2, 0.25) is 11.8 Å². The predicted octanol–water partition coefficient (Wildman–Crippen LogP) is 2.36. The maximum atomic E-state index is 13.4. The number of likely N-dealkylation sites (tertiary alicyclic amines) is 1. The Morgan fingerprint density at radius 1 is 1.16 bits per heavy atom. The zero-order valence-corrected chi connectivity index (χ0v) is 18.0. The molecule has 3 amide bonds. The first-order chi connectivity index (χ1) is 15.3. The highest BCUT2D eigenvalue weighted by Gasteiger charge is 2.43. The van der Waals surface area contributed by atoms with E-state index >= 15 is 0 Å². The summed E-state index contributed by atoms with van der Waals surface area (Å²) in [4.78, 5) is 41.4. The molecule has 168 valence electrons. The summed E-state index contributed by atoms with van der Waals surface area (Å²) in [5.41, 5.74) is 0.271. The second kappa shape index (κ2) is 8.98. The van der Waals surface area contributed by atoms with E-state index in [9.17, 15) is 18.8 Å². The van der Waals surface area contributed by atoms with Gasteiger partial charge < -0.3 is 19.9 Å². The smallest absolute Gasteiger partial charge is 0.258 e. The number of para-hydroxylation sites is 1. The first-order valence-electron chi connectivity index (χ1n) is 10.7. The second-order valence-corrected chi connectivity index (χ2v) is 8.41. The molecule has 2 aromatic rings. The zero-order chi connectivity index (χ0) is 22.7. The monoisotopic (exact) mass is 439 g/mol. The Morgan fingerprint density at radius 2 is 1.97 bits per heavy atom. The van der Waals surface area contributed by atoms with Gasteiger partial charge in [-0.25, -0.2) is 4.39 Å². The molecule has 1 spiro atoms. The fourth-order valence-corrected chi connectivity index (χ4v) is 4.20. The number of nitrogens with zero attached hydrogens (tertiary/aromatic N) is 2. The SMILES string of the molecule is CN1CCC2(CCC1=O)CN(CC(=O)NCc1cccc(F)c1)C(=O)c1ccccc1O2. The minimum absolute atomic E-state index is 0.0359. The van der Waals surface area contributed by atoms with Crippen LogP contribution < -0.4 is 10.1 Å². The molecule has 32 heavy (non-hydrogen) atoms. The first kappa shape index (κ1) is 21.8. The normalized spacial score (nSPS) is 20.9. The molecule has 2 aromatic carbocycles. The third kappa shape index (κ3) is 4.74. The fraction of sp³-hybridized carbons (Fsp3) is 0.375. The summed E-state index contributed by atoms with van der Waals surface area (Å²) in [7, 11) is 1.76. The average molecular weight is 439 g/mol. The van der Waals surface area contributed by atoms with E-state index in [2.05, 4.69) is 5.32 Å². The molecule has 1 fully saturated rings. The van der Waals surface area contributed by atoms with E-state index in [4.69, 9.17) is 4.74 Å². The largest absolute Gasteiger partial charge is 0.485 e. The van der Waals surface area contributed by atoms with Gasteiger partial charge in [-0.15, -0.1) is 0 Å². The van der Waals surface area contributed by atoms with E-state index in [-0.39, 0.29) is 43.2 Å². The van der Waals surface area contributed by atoms with Crippen molar-refractivity contribution in [2.45, 2.75) is 31.4 Å². The van der Waals surface area contributed by atoms with Gasteiger partial charge >= 0.3 is 0 Å². The molecule has 0 aliphatic carbocycles. The minimum Gasteiger partial charge on any atom is -0.485 e. The number of fused-ring (bicyclic) bond motifs is 1. The molecule has 1 N–H and O–H groups in total. The lowest BCUT2D eigenvalue weighted by atomic mass is 9.93. The van der Waals surface area contributed by atoms with Crippen LogP contribution in [0.25, 0.3) is 0 Å². The summed E-state index contributed by atoms with van der Waals surface area (Å²) >= 11 is 0. The molecule has 2 aliphatic heterocycles. The Bertz CT molecular complexity index is 1040. The quantitative estimate of drug-likeness (QED) is 0.793. The van der Waals surface area contributed by atoms with Crippen molar-refractivity contribution in [1.29, 1.82) is 0 Å². The van der Waals surface area contributed by atoms with Gasteiger partial charge in [-0.05, 0) is 36.2 Å². The number of benzene rings is 2. The van der Waals surface area contributed by atoms with Crippen molar-refractivity contribution in [2.24, 2.45) is 0 Å². The van der Waals surface area contributed by atoms with Crippen LogP contribution in [0.15, 0.2) is 48.5 Å². The molecule has 1 saturated heterocycles. The molecule has 0 radical (unpaired) electrons. The van der Waals surface area contributed by atoms with Gasteiger partial charge in [-0.3, -0.25) is 14.4 Å². The summed E-state index contributed by atoms with van der Waals surface area (Å²) in [6.45, 7) is 0.720. The number of nitrogens with one attached hydrogen (secondary N) is 1. The van der Waals surface area contributed by atoms with Gasteiger partial charge in [-0.1, -0.05) is 24.3 Å². The van der Waals surface area contributed by atoms with Gasteiger partial charge in [0.05, 0.1) is 12.1 Å². The van der Waals surface area contributed by atoms with Crippen LogP contribution in [0.2, 0.25) is 0 Å². The van der Waals surface area contributed by atoms with Crippen molar-refractivity contribution in [2.75, 3.05) is 26.7 Å². The Morgan fingerprint density at radius 3 is 2.78 bits per heavy atom. The molecular formula is C24H26FN3O4. The van der Waals surface area contributed by atoms with Crippen LogP contribution in [0, 0.1) is 5.82 Å². The second-order valence-electron chi connectivity index (χ2n) is 8.41. The number of hydrogen-bond donors (Lipinski definition) is 1. The van der Waals surface area contributed by atoms with Crippen molar-refractivity contribution in [3.05, 3.63) is 65.5 Å². The molecule has 2 aliphatic rings. The van der Waals surface area contributed by atoms with Gasteiger partial charge in [0, 0.05) is 33.0 Å². The van der Waals surface area contributed by atoms with Gasteiger partial charge in [-0.2, -0.15) is 0 Å². The summed E-state index contributed by atoms with van der Waals surface area (Å²) in [6.07, 6.45) is 1.32. The van der Waals surface area contributed by atoms with Crippen LogP contribution >= 0.6 is 0 Å². The van der Waals surface area contributed by atoms with Crippen molar-refractivity contribution in [3.8, 4) is 5.75 Å². The molecule has 8 heteroatoms. The third-order valence-corrected chi connectivity index (χ3v) is 6.05. The standard InChI is InChI=1S/C24H26FN3O4/c1-27-12-11-24(10-9-22(27)30)16-28(23(31)19-7-2-3-8-20(19)32-24)15-21(29)26-14-17-5-4-6-18(25)13-17/h2-8,13H,9-12,14-16H2,1H3,(H,26,29). The molecule has 2 heterocycles. The highest BCUT2D eigenvalue weighted by atomic mass is 19.1. The number of hydrogen-bond acceptors (Lipinski definition) is 4. The number of ether oxygens (including phenoxy) is 1. The van der Waals surface area contributed by atoms with Crippen LogP contribution in [-0.4, -0.2) is 59.8 Å². The number of carbonyl (C=O) groups excluding carboxylic acids is 3. The number of amides is 3. The molecule has 0 aromatic heterocycles. The molecule has 7 nitrogen and oxygen atoms in total. The van der Waals surface area contributed by atoms with E-state index < -0.39 is 5.60 Å². The maximum absolute atomic E-state index is 13.4. The topological polar surface area (TPSA) is 79.0 Å². The Labute approximate surface area is 186 Å². The molecule has 1 unspecified atom stereocenters. The van der Waals surface area contributed by atoms with Crippen LogP contribution in [-0.2, 0) is 16.1 Å². The minimum atomic E-state index is -0.758. The molecule has 0 saturated carbocycles. The third-order valence-electron chi connectivity index (χ3n) is 6.05. The van der Waals surface area contributed by atoms with Crippen LogP contribution in [0.3, 0.4) is 0 Å². The number of halogens is 1. The Balaban J connectivity index is 1.54. The molecule has 0 bridgehead atoms. The van der Waals surface area contributed by atoms with E-state index in [0.29, 0.717) is 42.7 Å². The van der Waals surface area contributed by atoms with Crippen molar-refractivity contribution < 1.29 is 23.5 Å². The van der Waals surface area contributed by atoms with E-state index in [1.807, 2.05) is 0 Å². The van der Waals surface area contributed by atoms with Gasteiger partial charge in [0.1, 0.15) is 23.7 Å². The zero-order valence-electron chi connectivity index (χ0n) is 18.0. The van der Waals surface area contributed by atoms with Crippen LogP contribution in [0.5, 0.6) is 5.75 Å². The Kier molecular flexibility index (Phi) is 6.12. The average Bonchev–Trinajstić information content (AvgIpc) is 2.98. The van der Waals surface area contributed by atoms with E-state index in [1.165, 1.54) is 17.0 Å². The van der Waals surface area contributed by atoms with Gasteiger partial charge in [0.25, 0.3) is 5.91 Å². The molecule has 1 atom stereocenters. The number of carbonyl (C=O) groups is 3. The summed E-state index contributed by atoms with van der Waals surface area (Å²) in [6, 6.07) is 13.0. The van der Waals surface area contributed by atoms with Crippen molar-refractivity contribution in [1.82, 2.24) is 15.1 Å². The highest BCUT2D eigenvalue weighted by molar-refractivity contribution is 5.99. The summed E-state index contributed by atoms with van der Waals surface area (Å²) in [5.74, 6) is -0.504. The Hall–Kier alpha value is -3.42. The fourth-order valence-electron chi connectivity index (χ4n) is 4.20. The number of rotatable bonds is 4. The summed E-state index contributed by atoms with van der Waals surface area (Å²) in [5, 5.41) is 2.75. The summed E-state index contributed by atoms with van der Waals surface area (Å²) < 4.78 is 19.8. The molecule has 4 rings (SSSR count). The van der Waals surface area contributed by atoms with Gasteiger partial charge in [0.15, 0.2) is 0 Å². The lowest BCUT2D eigenvalue weighted by Crippen LogP contribution is -2.50. The van der Waals surface area contributed by atoms with Crippen LogP contribution in [0.4, 0.5) is 4.39 Å². The van der Waals surface area contributed by atoms with Crippen LogP contribution in [0.1, 0.15) is 35.2 Å². The molecular weight excluding hydrogens is 413 g/mol.